The van der Waals surface area contributed by atoms with Crippen LogP contribution in [0.3, 0.4) is 0 Å². The third kappa shape index (κ3) is 5.84. The summed E-state index contributed by atoms with van der Waals surface area (Å²) >= 11 is 12.5. The molecular formula is C27H23Cl2N3O6S. The number of nitrogens with one attached hydrogen (secondary N) is 1. The number of rotatable bonds is 8. The number of azo groups is 1. The quantitative estimate of drug-likeness (QED) is 0.142. The molecule has 1 amide bonds. The molecule has 12 heteroatoms. The molecule has 0 aromatic heterocycles. The summed E-state index contributed by atoms with van der Waals surface area (Å²) in [6.45, 7) is 3.91. The minimum absolute atomic E-state index is 0.00732. The molecule has 0 spiro atoms. The van der Waals surface area contributed by atoms with E-state index in [0.29, 0.717) is 40.1 Å². The summed E-state index contributed by atoms with van der Waals surface area (Å²) in [4.78, 5) is 12.8. The van der Waals surface area contributed by atoms with Crippen LogP contribution in [0.15, 0.2) is 75.8 Å². The second-order valence-electron chi connectivity index (χ2n) is 8.26. The predicted molar refractivity (Wildman–Crippen MR) is 151 cm³/mol. The Kier molecular flexibility index (Phi) is 8.41. The summed E-state index contributed by atoms with van der Waals surface area (Å²) < 4.78 is 38.6. The molecule has 4 aromatic rings. The number of benzene rings is 4. The highest BCUT2D eigenvalue weighted by atomic mass is 35.5. The molecule has 0 aliphatic carbocycles. The number of aryl methyl sites for hydroxylation is 1. The molecule has 0 heterocycles. The maximum absolute atomic E-state index is 13.3. The zero-order valence-corrected chi connectivity index (χ0v) is 23.1. The number of fused-ring (bicyclic) bond motifs is 1. The molecule has 3 N–H and O–H groups in total. The number of hydrogen-bond acceptors (Lipinski definition) is 7. The maximum Gasteiger partial charge on any atom is 0.296 e. The molecule has 39 heavy (non-hydrogen) atoms. The van der Waals surface area contributed by atoms with Crippen LogP contribution in [-0.4, -0.2) is 30.6 Å². The molecule has 0 saturated carbocycles. The van der Waals surface area contributed by atoms with Crippen molar-refractivity contribution in [2.24, 2.45) is 10.2 Å². The first-order chi connectivity index (χ1) is 18.6. The van der Waals surface area contributed by atoms with Crippen LogP contribution >= 0.6 is 23.2 Å². The lowest BCUT2D eigenvalue weighted by Crippen LogP contribution is -2.13. The number of carbonyl (C=O) groups is 1. The van der Waals surface area contributed by atoms with Crippen LogP contribution in [0.1, 0.15) is 29.8 Å². The molecule has 4 rings (SSSR count). The molecule has 0 fully saturated rings. The Bertz CT molecular complexity index is 1720. The molecule has 0 saturated heterocycles. The largest absolute Gasteiger partial charge is 0.505 e. The Morgan fingerprint density at radius 1 is 1.00 bits per heavy atom. The predicted octanol–water partition coefficient (Wildman–Crippen LogP) is 7.73. The van der Waals surface area contributed by atoms with Crippen LogP contribution in [-0.2, 0) is 16.5 Å². The van der Waals surface area contributed by atoms with Crippen molar-refractivity contribution in [2.75, 3.05) is 11.9 Å². The van der Waals surface area contributed by atoms with Gasteiger partial charge in [-0.1, -0.05) is 66.5 Å². The molecule has 9 nitrogen and oxygen atoms in total. The van der Waals surface area contributed by atoms with Crippen LogP contribution in [0.25, 0.3) is 10.8 Å². The molecule has 202 valence electrons. The first-order valence-electron chi connectivity index (χ1n) is 11.7. The Morgan fingerprint density at radius 3 is 2.41 bits per heavy atom. The van der Waals surface area contributed by atoms with Crippen molar-refractivity contribution >= 4 is 67.1 Å². The van der Waals surface area contributed by atoms with E-state index >= 15 is 0 Å². The van der Waals surface area contributed by atoms with Crippen LogP contribution in [0.2, 0.25) is 10.0 Å². The van der Waals surface area contributed by atoms with Gasteiger partial charge in [-0.2, -0.15) is 8.42 Å². The Balaban J connectivity index is 1.84. The van der Waals surface area contributed by atoms with Gasteiger partial charge in [-0.05, 0) is 48.6 Å². The number of para-hydroxylation sites is 1. The molecule has 4 aromatic carbocycles. The van der Waals surface area contributed by atoms with E-state index in [9.17, 15) is 22.9 Å². The Hall–Kier alpha value is -3.70. The summed E-state index contributed by atoms with van der Waals surface area (Å²) in [7, 11) is -4.62. The third-order valence-corrected chi connectivity index (χ3v) is 7.51. The second-order valence-corrected chi connectivity index (χ2v) is 10.4. The van der Waals surface area contributed by atoms with E-state index in [1.54, 1.807) is 49.4 Å². The van der Waals surface area contributed by atoms with Gasteiger partial charge in [-0.15, -0.1) is 10.2 Å². The van der Waals surface area contributed by atoms with Crippen molar-refractivity contribution in [2.45, 2.75) is 25.2 Å². The number of aromatic hydroxyl groups is 1. The van der Waals surface area contributed by atoms with Gasteiger partial charge >= 0.3 is 0 Å². The zero-order chi connectivity index (χ0) is 28.3. The summed E-state index contributed by atoms with van der Waals surface area (Å²) in [6.07, 6.45) is 0.427. The van der Waals surface area contributed by atoms with Crippen LogP contribution in [0.5, 0.6) is 11.5 Å². The monoisotopic (exact) mass is 587 g/mol. The topological polar surface area (TPSA) is 138 Å². The van der Waals surface area contributed by atoms with Gasteiger partial charge in [0.05, 0.1) is 27.9 Å². The van der Waals surface area contributed by atoms with Gasteiger partial charge in [0.15, 0.2) is 11.5 Å². The van der Waals surface area contributed by atoms with Crippen molar-refractivity contribution in [1.82, 2.24) is 0 Å². The molecular weight excluding hydrogens is 565 g/mol. The van der Waals surface area contributed by atoms with Gasteiger partial charge in [0.25, 0.3) is 16.0 Å². The lowest BCUT2D eigenvalue weighted by atomic mass is 10.0. The lowest BCUT2D eigenvalue weighted by molar-refractivity contribution is 0.102. The maximum atomic E-state index is 13.3. The SMILES string of the molecule is CCOc1c(Cl)cccc1NC(=O)c1cc2ccccc2c(N=Nc2c(CC)ccc(S(=O)(=O)O)c2Cl)c1O. The Labute approximate surface area is 234 Å². The highest BCUT2D eigenvalue weighted by molar-refractivity contribution is 7.86. The lowest BCUT2D eigenvalue weighted by Gasteiger charge is -2.14. The van der Waals surface area contributed by atoms with Gasteiger partial charge in [0, 0.05) is 5.39 Å². The molecule has 0 unspecified atom stereocenters. The number of phenols is 1. The van der Waals surface area contributed by atoms with Crippen molar-refractivity contribution in [1.29, 1.82) is 0 Å². The number of nitrogens with zero attached hydrogens (tertiary/aromatic N) is 2. The van der Waals surface area contributed by atoms with E-state index in [0.717, 1.165) is 0 Å². The third-order valence-electron chi connectivity index (χ3n) is 5.82. The number of anilines is 1. The van der Waals surface area contributed by atoms with Crippen LogP contribution in [0.4, 0.5) is 17.1 Å². The highest BCUT2D eigenvalue weighted by Gasteiger charge is 2.22. The average Bonchev–Trinajstić information content (AvgIpc) is 2.89. The first kappa shape index (κ1) is 28.3. The molecule has 0 atom stereocenters. The van der Waals surface area contributed by atoms with Gasteiger partial charge in [-0.25, -0.2) is 0 Å². The van der Waals surface area contributed by atoms with E-state index in [1.165, 1.54) is 18.2 Å². The molecule has 0 aliphatic heterocycles. The van der Waals surface area contributed by atoms with Gasteiger partial charge in [0.2, 0.25) is 0 Å². The van der Waals surface area contributed by atoms with Crippen molar-refractivity contribution < 1.29 is 27.6 Å². The summed E-state index contributed by atoms with van der Waals surface area (Å²) in [5, 5.41) is 23.3. The minimum Gasteiger partial charge on any atom is -0.505 e. The highest BCUT2D eigenvalue weighted by Crippen LogP contribution is 2.42. The van der Waals surface area contributed by atoms with E-state index in [-0.39, 0.29) is 27.7 Å². The average molecular weight is 588 g/mol. The van der Waals surface area contributed by atoms with Crippen molar-refractivity contribution in [3.05, 3.63) is 81.8 Å². The van der Waals surface area contributed by atoms with E-state index < -0.39 is 26.7 Å². The zero-order valence-electron chi connectivity index (χ0n) is 20.8. The fourth-order valence-electron chi connectivity index (χ4n) is 3.96. The molecule has 0 aliphatic rings. The normalized spacial score (nSPS) is 11.7. The van der Waals surface area contributed by atoms with Crippen LogP contribution in [0, 0.1) is 0 Å². The van der Waals surface area contributed by atoms with E-state index in [2.05, 4.69) is 15.5 Å². The molecule has 0 radical (unpaired) electrons. The second kappa shape index (κ2) is 11.6. The Morgan fingerprint density at radius 2 is 1.72 bits per heavy atom. The van der Waals surface area contributed by atoms with Gasteiger partial charge in [-0.3, -0.25) is 9.35 Å². The summed E-state index contributed by atoms with van der Waals surface area (Å²) in [6, 6.07) is 15.9. The van der Waals surface area contributed by atoms with Gasteiger partial charge < -0.3 is 15.2 Å². The number of amides is 1. The summed E-state index contributed by atoms with van der Waals surface area (Å²) in [5.74, 6) is -0.829. The van der Waals surface area contributed by atoms with Crippen molar-refractivity contribution in [3.63, 3.8) is 0 Å². The van der Waals surface area contributed by atoms with E-state index in [1.807, 2.05) is 6.92 Å². The molecule has 0 bridgehead atoms. The first-order valence-corrected chi connectivity index (χ1v) is 13.9. The standard InChI is InChI=1S/C27H23Cl2N3O6S/c1-3-15-12-13-21(39(35,36)37)22(29)23(15)31-32-24-17-9-6-5-8-16(17)14-18(25(24)33)27(34)30-20-11-7-10-19(28)26(20)38-4-2/h5-14,33H,3-4H2,1-2H3,(H,30,34)(H,35,36,37). The van der Waals surface area contributed by atoms with Gasteiger partial charge in [0.1, 0.15) is 16.3 Å². The minimum atomic E-state index is -4.62. The van der Waals surface area contributed by atoms with Crippen LogP contribution < -0.4 is 10.1 Å². The number of phenolic OH excluding ortho intramolecular Hbond substituents is 1. The number of ether oxygens (including phenoxy) is 1. The number of carbonyl (C=O) groups excluding carboxylic acids is 1. The number of halogens is 2. The van der Waals surface area contributed by atoms with Crippen molar-refractivity contribution in [3.8, 4) is 11.5 Å². The fraction of sp³-hybridized carbons (Fsp3) is 0.148. The van der Waals surface area contributed by atoms with E-state index in [4.69, 9.17) is 27.9 Å². The fourth-order valence-corrected chi connectivity index (χ4v) is 5.27. The smallest absolute Gasteiger partial charge is 0.296 e. The number of hydrogen-bond donors (Lipinski definition) is 3. The summed E-state index contributed by atoms with van der Waals surface area (Å²) in [5.41, 5.74) is 0.737.